The summed E-state index contributed by atoms with van der Waals surface area (Å²) in [6.45, 7) is 9.74. The van der Waals surface area contributed by atoms with Gasteiger partial charge in [-0.2, -0.15) is 5.10 Å². The number of Topliss-reactive ketones (excluding diaryl/α,β-unsaturated/α-hetero) is 1. The van der Waals surface area contributed by atoms with Crippen molar-refractivity contribution in [3.05, 3.63) is 34.7 Å². The van der Waals surface area contributed by atoms with E-state index in [1.807, 2.05) is 10.9 Å². The van der Waals surface area contributed by atoms with Crippen molar-refractivity contribution in [1.82, 2.24) is 9.78 Å². The van der Waals surface area contributed by atoms with Crippen molar-refractivity contribution in [3.8, 4) is 0 Å². The van der Waals surface area contributed by atoms with Crippen molar-refractivity contribution in [2.45, 2.75) is 85.3 Å². The Balaban J connectivity index is 1.48. The van der Waals surface area contributed by atoms with Crippen LogP contribution in [-0.2, 0) is 11.3 Å². The molecule has 4 nitrogen and oxygen atoms in total. The summed E-state index contributed by atoms with van der Waals surface area (Å²) in [5.74, 6) is 2.06. The molecule has 162 valence electrons. The van der Waals surface area contributed by atoms with Crippen LogP contribution in [0.5, 0.6) is 0 Å². The van der Waals surface area contributed by atoms with E-state index in [0.717, 1.165) is 68.3 Å². The van der Waals surface area contributed by atoms with Crippen LogP contribution in [-0.4, -0.2) is 26.8 Å². The zero-order valence-electron chi connectivity index (χ0n) is 18.9. The second kappa shape index (κ2) is 6.91. The topological polar surface area (TPSA) is 55.1 Å². The van der Waals surface area contributed by atoms with Gasteiger partial charge in [-0.05, 0) is 93.6 Å². The minimum absolute atomic E-state index is 0.162. The molecule has 0 saturated heterocycles. The Bertz CT molecular complexity index is 941. The van der Waals surface area contributed by atoms with Gasteiger partial charge in [-0.1, -0.05) is 25.5 Å². The van der Waals surface area contributed by atoms with E-state index in [4.69, 9.17) is 0 Å². The molecule has 4 aliphatic carbocycles. The zero-order valence-corrected chi connectivity index (χ0v) is 18.9. The van der Waals surface area contributed by atoms with Crippen LogP contribution in [0.3, 0.4) is 0 Å². The molecular weight excluding hydrogens is 372 g/mol. The molecule has 3 saturated carbocycles. The first-order valence-corrected chi connectivity index (χ1v) is 11.9. The van der Waals surface area contributed by atoms with Gasteiger partial charge in [0.05, 0.1) is 12.3 Å². The predicted octanol–water partition coefficient (Wildman–Crippen LogP) is 5.10. The minimum atomic E-state index is -0.211. The number of hydrogen-bond donors (Lipinski definition) is 1. The molecule has 4 heteroatoms. The van der Waals surface area contributed by atoms with Gasteiger partial charge < -0.3 is 5.11 Å². The Morgan fingerprint density at radius 2 is 1.97 bits per heavy atom. The third-order valence-electron chi connectivity index (χ3n) is 9.49. The van der Waals surface area contributed by atoms with Crippen molar-refractivity contribution in [2.75, 3.05) is 0 Å². The van der Waals surface area contributed by atoms with E-state index in [1.54, 1.807) is 0 Å². The molecule has 1 aromatic heterocycles. The lowest BCUT2D eigenvalue weighted by molar-refractivity contribution is -0.130. The fourth-order valence-corrected chi connectivity index (χ4v) is 7.55. The van der Waals surface area contributed by atoms with E-state index in [9.17, 15) is 9.90 Å². The molecule has 0 bridgehead atoms. The number of aliphatic hydroxyl groups excluding tert-OH is 1. The molecule has 5 rings (SSSR count). The Hall–Kier alpha value is -1.68. The number of aromatic nitrogens is 2. The van der Waals surface area contributed by atoms with E-state index in [1.165, 1.54) is 5.57 Å². The molecule has 0 radical (unpaired) electrons. The summed E-state index contributed by atoms with van der Waals surface area (Å²) in [7, 11) is 0. The summed E-state index contributed by atoms with van der Waals surface area (Å²) in [5, 5.41) is 14.7. The Morgan fingerprint density at radius 1 is 1.20 bits per heavy atom. The number of carbonyl (C=O) groups is 1. The number of nitrogens with zero attached hydrogens (tertiary/aromatic N) is 2. The smallest absolute Gasteiger partial charge is 0.165 e. The van der Waals surface area contributed by atoms with Gasteiger partial charge in [0.15, 0.2) is 5.78 Å². The van der Waals surface area contributed by atoms with Crippen molar-refractivity contribution in [3.63, 3.8) is 0 Å². The maximum absolute atomic E-state index is 13.6. The van der Waals surface area contributed by atoms with Crippen LogP contribution in [0.15, 0.2) is 23.4 Å². The Kier molecular flexibility index (Phi) is 4.66. The number of ketones is 1. The van der Waals surface area contributed by atoms with Crippen molar-refractivity contribution < 1.29 is 9.90 Å². The first kappa shape index (κ1) is 20.2. The quantitative estimate of drug-likeness (QED) is 0.547. The molecule has 30 heavy (non-hydrogen) atoms. The highest BCUT2D eigenvalue weighted by Crippen LogP contribution is 2.64. The molecule has 3 fully saturated rings. The van der Waals surface area contributed by atoms with Gasteiger partial charge in [0, 0.05) is 23.2 Å². The fraction of sp³-hybridized carbons (Fsp3) is 0.692. The predicted molar refractivity (Wildman–Crippen MR) is 119 cm³/mol. The first-order valence-electron chi connectivity index (χ1n) is 11.9. The van der Waals surface area contributed by atoms with Gasteiger partial charge in [0.25, 0.3) is 0 Å². The van der Waals surface area contributed by atoms with Gasteiger partial charge in [0.2, 0.25) is 0 Å². The molecular formula is C26H36N2O2. The second-order valence-electron chi connectivity index (χ2n) is 10.8. The highest BCUT2D eigenvalue weighted by molar-refractivity contribution is 6.06. The van der Waals surface area contributed by atoms with Gasteiger partial charge in [-0.3, -0.25) is 9.48 Å². The molecule has 1 aromatic rings. The van der Waals surface area contributed by atoms with Crippen molar-refractivity contribution in [2.24, 2.45) is 28.6 Å². The van der Waals surface area contributed by atoms with Crippen LogP contribution >= 0.6 is 0 Å². The highest BCUT2D eigenvalue weighted by Gasteiger charge is 2.59. The number of aliphatic hydroxyl groups is 1. The summed E-state index contributed by atoms with van der Waals surface area (Å²) in [5.41, 5.74) is 4.76. The standard InChI is InChI=1S/C26H36N2O2/c1-5-28-16(2)18(15-27-28)12-17-13-23-21-7-6-19-14-20(29)8-10-25(19,3)22(21)9-11-26(23,4)24(17)30/h6,12,15,20-23,29H,5,7-11,13-14H2,1-4H3. The average molecular weight is 409 g/mol. The number of fused-ring (bicyclic) bond motifs is 5. The number of hydrogen-bond acceptors (Lipinski definition) is 3. The number of aryl methyl sites for hydroxylation is 1. The largest absolute Gasteiger partial charge is 0.393 e. The lowest BCUT2D eigenvalue weighted by Crippen LogP contribution is -2.50. The van der Waals surface area contributed by atoms with E-state index in [-0.39, 0.29) is 16.9 Å². The molecule has 6 atom stereocenters. The highest BCUT2D eigenvalue weighted by atomic mass is 16.3. The molecule has 1 heterocycles. The minimum Gasteiger partial charge on any atom is -0.393 e. The van der Waals surface area contributed by atoms with E-state index in [2.05, 4.69) is 44.9 Å². The maximum atomic E-state index is 13.6. The van der Waals surface area contributed by atoms with Gasteiger partial charge in [-0.25, -0.2) is 0 Å². The van der Waals surface area contributed by atoms with Crippen LogP contribution in [0, 0.1) is 35.5 Å². The molecule has 4 aliphatic rings. The van der Waals surface area contributed by atoms with Crippen molar-refractivity contribution >= 4 is 11.9 Å². The zero-order chi connectivity index (χ0) is 21.3. The summed E-state index contributed by atoms with van der Waals surface area (Å²) in [6.07, 6.45) is 13.3. The van der Waals surface area contributed by atoms with E-state index < -0.39 is 0 Å². The number of rotatable bonds is 2. The molecule has 0 aromatic carbocycles. The molecule has 0 spiro atoms. The summed E-state index contributed by atoms with van der Waals surface area (Å²) >= 11 is 0. The van der Waals surface area contributed by atoms with Crippen LogP contribution in [0.25, 0.3) is 6.08 Å². The third kappa shape index (κ3) is 2.75. The Labute approximate surface area is 180 Å². The number of carbonyl (C=O) groups excluding carboxylic acids is 1. The fourth-order valence-electron chi connectivity index (χ4n) is 7.55. The molecule has 6 unspecified atom stereocenters. The number of allylic oxidation sites excluding steroid dienone is 2. The lowest BCUT2D eigenvalue weighted by atomic mass is 9.48. The van der Waals surface area contributed by atoms with Crippen LogP contribution < -0.4 is 0 Å². The lowest BCUT2D eigenvalue weighted by Gasteiger charge is -2.56. The first-order chi connectivity index (χ1) is 14.3. The molecule has 0 amide bonds. The second-order valence-corrected chi connectivity index (χ2v) is 10.8. The van der Waals surface area contributed by atoms with Crippen LogP contribution in [0.1, 0.15) is 77.0 Å². The molecule has 1 N–H and O–H groups in total. The van der Waals surface area contributed by atoms with Gasteiger partial charge in [0.1, 0.15) is 0 Å². The monoisotopic (exact) mass is 408 g/mol. The van der Waals surface area contributed by atoms with Crippen LogP contribution in [0.4, 0.5) is 0 Å². The molecule has 0 aliphatic heterocycles. The summed E-state index contributed by atoms with van der Waals surface area (Å²) in [6, 6.07) is 0. The van der Waals surface area contributed by atoms with Crippen molar-refractivity contribution in [1.29, 1.82) is 0 Å². The van der Waals surface area contributed by atoms with Crippen LogP contribution in [0.2, 0.25) is 0 Å². The summed E-state index contributed by atoms with van der Waals surface area (Å²) in [4.78, 5) is 13.6. The van der Waals surface area contributed by atoms with E-state index in [0.29, 0.717) is 23.5 Å². The normalized spacial score (nSPS) is 42.0. The Morgan fingerprint density at radius 3 is 2.70 bits per heavy atom. The van der Waals surface area contributed by atoms with E-state index >= 15 is 0 Å². The third-order valence-corrected chi connectivity index (χ3v) is 9.49. The van der Waals surface area contributed by atoms with Gasteiger partial charge in [-0.15, -0.1) is 0 Å². The van der Waals surface area contributed by atoms with Gasteiger partial charge >= 0.3 is 0 Å². The SMILES string of the molecule is CCn1ncc(C=C2CC3C4CC=C5CC(O)CCC5(C)C4CCC3(C)C2=O)c1C. The average Bonchev–Trinajstić information content (AvgIpc) is 3.20. The maximum Gasteiger partial charge on any atom is 0.165 e. The summed E-state index contributed by atoms with van der Waals surface area (Å²) < 4.78 is 2.00.